The third-order valence-electron chi connectivity index (χ3n) is 2.82. The van der Waals surface area contributed by atoms with Crippen LogP contribution in [-0.4, -0.2) is 7.11 Å². The van der Waals surface area contributed by atoms with E-state index in [-0.39, 0.29) is 5.54 Å². The molecule has 0 atom stereocenters. The van der Waals surface area contributed by atoms with Crippen LogP contribution in [0.4, 0.5) is 0 Å². The topological polar surface area (TPSA) is 35.2 Å². The molecule has 0 aromatic heterocycles. The Hall–Kier alpha value is -0.730. The van der Waals surface area contributed by atoms with Crippen molar-refractivity contribution in [2.24, 2.45) is 5.73 Å². The highest BCUT2D eigenvalue weighted by molar-refractivity contribution is 6.33. The molecule has 1 fully saturated rings. The summed E-state index contributed by atoms with van der Waals surface area (Å²) < 4.78 is 5.25. The summed E-state index contributed by atoms with van der Waals surface area (Å²) in [5.41, 5.74) is 7.97. The third-order valence-corrected chi connectivity index (χ3v) is 3.20. The van der Waals surface area contributed by atoms with Crippen LogP contribution in [0.5, 0.6) is 5.75 Å². The van der Waals surface area contributed by atoms with Gasteiger partial charge in [-0.1, -0.05) is 23.7 Å². The number of halogens is 1. The van der Waals surface area contributed by atoms with Gasteiger partial charge in [-0.05, 0) is 30.9 Å². The molecule has 0 heterocycles. The summed E-state index contributed by atoms with van der Waals surface area (Å²) in [7, 11) is 1.63. The highest BCUT2D eigenvalue weighted by Gasteiger charge is 2.42. The molecular formula is C11H14ClNO. The molecule has 0 saturated heterocycles. The molecule has 3 heteroatoms. The number of hydrogen-bond acceptors (Lipinski definition) is 2. The minimum atomic E-state index is -0.196. The van der Waals surface area contributed by atoms with Gasteiger partial charge in [0.1, 0.15) is 5.75 Å². The largest absolute Gasteiger partial charge is 0.495 e. The fourth-order valence-electron chi connectivity index (χ4n) is 1.69. The van der Waals surface area contributed by atoms with Gasteiger partial charge in [-0.25, -0.2) is 0 Å². The summed E-state index contributed by atoms with van der Waals surface area (Å²) in [6.07, 6.45) is 2.03. The molecule has 2 rings (SSSR count). The number of methoxy groups -OCH3 is 1. The molecule has 0 amide bonds. The number of rotatable bonds is 2. The number of benzene rings is 1. The van der Waals surface area contributed by atoms with Crippen molar-refractivity contribution in [3.05, 3.63) is 28.3 Å². The van der Waals surface area contributed by atoms with Crippen molar-refractivity contribution in [3.63, 3.8) is 0 Å². The van der Waals surface area contributed by atoms with Gasteiger partial charge in [-0.2, -0.15) is 0 Å². The van der Waals surface area contributed by atoms with Crippen LogP contribution in [0.15, 0.2) is 12.1 Å². The van der Waals surface area contributed by atoms with Crippen LogP contribution in [-0.2, 0) is 5.54 Å². The van der Waals surface area contributed by atoms with Gasteiger partial charge in [0.05, 0.1) is 12.1 Å². The van der Waals surface area contributed by atoms with E-state index in [1.165, 1.54) is 0 Å². The number of ether oxygens (including phenoxy) is 1. The van der Waals surface area contributed by atoms with Gasteiger partial charge < -0.3 is 10.5 Å². The maximum atomic E-state index is 6.23. The Morgan fingerprint density at radius 1 is 1.43 bits per heavy atom. The number of nitrogens with two attached hydrogens (primary N) is 1. The summed E-state index contributed by atoms with van der Waals surface area (Å²) in [4.78, 5) is 0. The Morgan fingerprint density at radius 3 is 2.57 bits per heavy atom. The minimum Gasteiger partial charge on any atom is -0.495 e. The number of hydrogen-bond donors (Lipinski definition) is 1. The van der Waals surface area contributed by atoms with Gasteiger partial charge in [0, 0.05) is 5.54 Å². The lowest BCUT2D eigenvalue weighted by atomic mass is 10.0. The fraction of sp³-hybridized carbons (Fsp3) is 0.455. The zero-order valence-electron chi connectivity index (χ0n) is 8.43. The highest BCUT2D eigenvalue weighted by Crippen LogP contribution is 2.48. The predicted octanol–water partition coefficient (Wildman–Crippen LogP) is 2.60. The Morgan fingerprint density at radius 2 is 2.07 bits per heavy atom. The van der Waals surface area contributed by atoms with E-state index < -0.39 is 0 Å². The molecule has 0 unspecified atom stereocenters. The predicted molar refractivity (Wildman–Crippen MR) is 57.8 cm³/mol. The molecule has 1 aliphatic rings. The summed E-state index contributed by atoms with van der Waals surface area (Å²) in [6, 6.07) is 4.01. The molecule has 1 aliphatic carbocycles. The average molecular weight is 212 g/mol. The maximum absolute atomic E-state index is 6.23. The van der Waals surface area contributed by atoms with Crippen LogP contribution in [0.3, 0.4) is 0 Å². The summed E-state index contributed by atoms with van der Waals surface area (Å²) >= 11 is 6.23. The summed E-state index contributed by atoms with van der Waals surface area (Å²) in [5.74, 6) is 0.751. The second-order valence-corrected chi connectivity index (χ2v) is 4.31. The fourth-order valence-corrected chi connectivity index (χ4v) is 2.17. The van der Waals surface area contributed by atoms with E-state index in [0.29, 0.717) is 5.02 Å². The maximum Gasteiger partial charge on any atom is 0.140 e. The van der Waals surface area contributed by atoms with Gasteiger partial charge in [0.2, 0.25) is 0 Å². The molecule has 2 nitrogen and oxygen atoms in total. The minimum absolute atomic E-state index is 0.196. The van der Waals surface area contributed by atoms with Gasteiger partial charge in [0.25, 0.3) is 0 Å². The van der Waals surface area contributed by atoms with Gasteiger partial charge in [-0.15, -0.1) is 0 Å². The first kappa shape index (κ1) is 9.81. The first-order chi connectivity index (χ1) is 6.58. The van der Waals surface area contributed by atoms with Crippen molar-refractivity contribution in [3.8, 4) is 5.75 Å². The standard InChI is InChI=1S/C11H14ClNO/c1-7-3-4-8(11(13)5-6-11)9(12)10(7)14-2/h3-4H,5-6,13H2,1-2H3. The normalized spacial score (nSPS) is 18.0. The van der Waals surface area contributed by atoms with Crippen LogP contribution in [0.25, 0.3) is 0 Å². The van der Waals surface area contributed by atoms with Crippen molar-refractivity contribution >= 4 is 11.6 Å². The molecule has 0 bridgehead atoms. The first-order valence-corrected chi connectivity index (χ1v) is 5.09. The van der Waals surface area contributed by atoms with E-state index >= 15 is 0 Å². The lowest BCUT2D eigenvalue weighted by molar-refractivity contribution is 0.411. The molecule has 2 N–H and O–H groups in total. The van der Waals surface area contributed by atoms with Crippen LogP contribution in [0.1, 0.15) is 24.0 Å². The molecule has 0 radical (unpaired) electrons. The molecule has 76 valence electrons. The van der Waals surface area contributed by atoms with Crippen LogP contribution >= 0.6 is 11.6 Å². The van der Waals surface area contributed by atoms with Crippen LogP contribution < -0.4 is 10.5 Å². The smallest absolute Gasteiger partial charge is 0.140 e. The Kier molecular flexibility index (Phi) is 2.20. The van der Waals surface area contributed by atoms with Crippen molar-refractivity contribution in [1.82, 2.24) is 0 Å². The highest BCUT2D eigenvalue weighted by atomic mass is 35.5. The van der Waals surface area contributed by atoms with E-state index in [0.717, 1.165) is 29.7 Å². The second kappa shape index (κ2) is 3.14. The third kappa shape index (κ3) is 1.39. The Bertz CT molecular complexity index is 372. The zero-order valence-corrected chi connectivity index (χ0v) is 9.19. The number of aryl methyl sites for hydroxylation is 1. The van der Waals surface area contributed by atoms with E-state index in [1.54, 1.807) is 7.11 Å². The SMILES string of the molecule is COc1c(C)ccc(C2(N)CC2)c1Cl. The van der Waals surface area contributed by atoms with Gasteiger partial charge >= 0.3 is 0 Å². The summed E-state index contributed by atoms with van der Waals surface area (Å²) in [6.45, 7) is 1.98. The molecule has 0 aliphatic heterocycles. The van der Waals surface area contributed by atoms with E-state index in [2.05, 4.69) is 0 Å². The quantitative estimate of drug-likeness (QED) is 0.816. The lowest BCUT2D eigenvalue weighted by Gasteiger charge is -2.15. The van der Waals surface area contributed by atoms with Crippen molar-refractivity contribution in [1.29, 1.82) is 0 Å². The lowest BCUT2D eigenvalue weighted by Crippen LogP contribution is -2.19. The molecule has 1 aromatic rings. The summed E-state index contributed by atoms with van der Waals surface area (Å²) in [5, 5.41) is 0.674. The van der Waals surface area contributed by atoms with E-state index in [4.69, 9.17) is 22.1 Å². The molecule has 1 aromatic carbocycles. The van der Waals surface area contributed by atoms with Gasteiger partial charge in [0.15, 0.2) is 0 Å². The second-order valence-electron chi connectivity index (χ2n) is 3.93. The average Bonchev–Trinajstić information content (AvgIpc) is 2.85. The van der Waals surface area contributed by atoms with Crippen molar-refractivity contribution < 1.29 is 4.74 Å². The molecule has 0 spiro atoms. The Balaban J connectivity index is 2.53. The van der Waals surface area contributed by atoms with E-state index in [1.807, 2.05) is 19.1 Å². The molecule has 14 heavy (non-hydrogen) atoms. The van der Waals surface area contributed by atoms with Crippen molar-refractivity contribution in [2.45, 2.75) is 25.3 Å². The van der Waals surface area contributed by atoms with Crippen LogP contribution in [0, 0.1) is 6.92 Å². The zero-order chi connectivity index (χ0) is 10.3. The van der Waals surface area contributed by atoms with E-state index in [9.17, 15) is 0 Å². The monoisotopic (exact) mass is 211 g/mol. The van der Waals surface area contributed by atoms with Crippen molar-refractivity contribution in [2.75, 3.05) is 7.11 Å². The van der Waals surface area contributed by atoms with Gasteiger partial charge in [-0.3, -0.25) is 0 Å². The molecular weight excluding hydrogens is 198 g/mol. The van der Waals surface area contributed by atoms with Crippen LogP contribution in [0.2, 0.25) is 5.02 Å². The Labute approximate surface area is 89.0 Å². The molecule has 1 saturated carbocycles. The first-order valence-electron chi connectivity index (χ1n) is 4.71.